The molecule has 25 heavy (non-hydrogen) atoms. The summed E-state index contributed by atoms with van der Waals surface area (Å²) in [6.45, 7) is 1.91. The van der Waals surface area contributed by atoms with Crippen LogP contribution in [0.1, 0.15) is 18.1 Å². The van der Waals surface area contributed by atoms with E-state index in [1.165, 1.54) is 6.92 Å². The van der Waals surface area contributed by atoms with Crippen LogP contribution < -0.4 is 20.1 Å². The van der Waals surface area contributed by atoms with Gasteiger partial charge in [0.05, 0.1) is 0 Å². The zero-order chi connectivity index (χ0) is 17.6. The van der Waals surface area contributed by atoms with E-state index in [-0.39, 0.29) is 24.3 Å². The first-order chi connectivity index (χ1) is 12.1. The van der Waals surface area contributed by atoms with Gasteiger partial charge >= 0.3 is 0 Å². The molecule has 0 saturated carbocycles. The van der Waals surface area contributed by atoms with Crippen LogP contribution in [0.25, 0.3) is 6.08 Å². The molecular formula is C19H18N2O4. The zero-order valence-corrected chi connectivity index (χ0v) is 13.7. The van der Waals surface area contributed by atoms with E-state index in [0.29, 0.717) is 18.0 Å². The van der Waals surface area contributed by atoms with Crippen molar-refractivity contribution < 1.29 is 19.1 Å². The van der Waals surface area contributed by atoms with Crippen molar-refractivity contribution in [3.05, 3.63) is 65.4 Å². The largest absolute Gasteiger partial charge is 0.454 e. The molecule has 2 aromatic carbocycles. The number of nitrogens with one attached hydrogen (secondary N) is 2. The molecule has 1 aliphatic heterocycles. The molecule has 6 heteroatoms. The van der Waals surface area contributed by atoms with Crippen molar-refractivity contribution in [1.29, 1.82) is 0 Å². The number of hydrogen-bond acceptors (Lipinski definition) is 4. The minimum absolute atomic E-state index is 0.169. The molecule has 0 unspecified atom stereocenters. The van der Waals surface area contributed by atoms with Crippen LogP contribution in [-0.4, -0.2) is 18.6 Å². The van der Waals surface area contributed by atoms with Gasteiger partial charge < -0.3 is 20.1 Å². The van der Waals surface area contributed by atoms with Gasteiger partial charge in [0.25, 0.3) is 5.91 Å². The Hall–Kier alpha value is -3.28. The number of ether oxygens (including phenoxy) is 2. The van der Waals surface area contributed by atoms with Gasteiger partial charge in [-0.15, -0.1) is 0 Å². The van der Waals surface area contributed by atoms with E-state index < -0.39 is 0 Å². The first-order valence-corrected chi connectivity index (χ1v) is 7.83. The molecule has 0 spiro atoms. The summed E-state index contributed by atoms with van der Waals surface area (Å²) in [5.41, 5.74) is 1.87. The topological polar surface area (TPSA) is 76.7 Å². The zero-order valence-electron chi connectivity index (χ0n) is 13.7. The van der Waals surface area contributed by atoms with Crippen molar-refractivity contribution in [2.45, 2.75) is 13.5 Å². The number of carbonyl (C=O) groups is 2. The molecule has 128 valence electrons. The van der Waals surface area contributed by atoms with E-state index in [2.05, 4.69) is 10.6 Å². The van der Waals surface area contributed by atoms with Gasteiger partial charge in [0.1, 0.15) is 5.70 Å². The monoisotopic (exact) mass is 338 g/mol. The Labute approximate surface area is 145 Å². The Morgan fingerprint density at radius 3 is 2.60 bits per heavy atom. The second-order valence-corrected chi connectivity index (χ2v) is 5.52. The minimum Gasteiger partial charge on any atom is -0.454 e. The number of fused-ring (bicyclic) bond motifs is 1. The Morgan fingerprint density at radius 2 is 1.84 bits per heavy atom. The van der Waals surface area contributed by atoms with Gasteiger partial charge in [0.15, 0.2) is 11.5 Å². The molecule has 2 amide bonds. The van der Waals surface area contributed by atoms with E-state index in [1.807, 2.05) is 30.3 Å². The molecule has 3 rings (SSSR count). The predicted octanol–water partition coefficient (Wildman–Crippen LogP) is 2.21. The maximum absolute atomic E-state index is 12.4. The molecule has 0 fully saturated rings. The van der Waals surface area contributed by atoms with Gasteiger partial charge in [-0.25, -0.2) is 0 Å². The van der Waals surface area contributed by atoms with Crippen LogP contribution in [0.2, 0.25) is 0 Å². The summed E-state index contributed by atoms with van der Waals surface area (Å²) in [4.78, 5) is 23.9. The Kier molecular flexibility index (Phi) is 4.99. The van der Waals surface area contributed by atoms with E-state index in [4.69, 9.17) is 9.47 Å². The molecule has 0 aliphatic carbocycles. The van der Waals surface area contributed by atoms with Crippen molar-refractivity contribution >= 4 is 17.9 Å². The lowest BCUT2D eigenvalue weighted by Gasteiger charge is -2.10. The van der Waals surface area contributed by atoms with Crippen molar-refractivity contribution in [1.82, 2.24) is 10.6 Å². The maximum atomic E-state index is 12.4. The van der Waals surface area contributed by atoms with Gasteiger partial charge in [-0.05, 0) is 29.3 Å². The van der Waals surface area contributed by atoms with Crippen LogP contribution in [0.4, 0.5) is 0 Å². The summed E-state index contributed by atoms with van der Waals surface area (Å²) in [6.07, 6.45) is 1.60. The highest BCUT2D eigenvalue weighted by molar-refractivity contribution is 6.00. The lowest BCUT2D eigenvalue weighted by molar-refractivity contribution is -0.122. The molecule has 0 radical (unpaired) electrons. The van der Waals surface area contributed by atoms with Gasteiger partial charge in [-0.1, -0.05) is 36.4 Å². The lowest BCUT2D eigenvalue weighted by Crippen LogP contribution is -2.33. The Morgan fingerprint density at radius 1 is 1.08 bits per heavy atom. The van der Waals surface area contributed by atoms with Crippen LogP contribution in [-0.2, 0) is 16.1 Å². The van der Waals surface area contributed by atoms with E-state index in [1.54, 1.807) is 24.3 Å². The number of amides is 2. The second-order valence-electron chi connectivity index (χ2n) is 5.52. The first kappa shape index (κ1) is 16.6. The number of carbonyl (C=O) groups excluding carboxylic acids is 2. The van der Waals surface area contributed by atoms with Crippen molar-refractivity contribution in [3.63, 3.8) is 0 Å². The third-order valence-corrected chi connectivity index (χ3v) is 3.56. The number of benzene rings is 2. The van der Waals surface area contributed by atoms with Gasteiger partial charge in [-0.3, -0.25) is 9.59 Å². The van der Waals surface area contributed by atoms with E-state index in [9.17, 15) is 9.59 Å². The van der Waals surface area contributed by atoms with Crippen LogP contribution in [0, 0.1) is 0 Å². The molecule has 0 saturated heterocycles. The molecular weight excluding hydrogens is 320 g/mol. The summed E-state index contributed by atoms with van der Waals surface area (Å²) in [6, 6.07) is 14.9. The summed E-state index contributed by atoms with van der Waals surface area (Å²) in [5, 5.41) is 5.37. The Balaban J connectivity index is 1.76. The molecule has 1 aliphatic rings. The smallest absolute Gasteiger partial charge is 0.268 e. The standard InChI is InChI=1S/C19H18N2O4/c1-13(22)21-16(19(23)20-11-14-5-3-2-4-6-14)9-15-7-8-17-18(10-15)25-12-24-17/h2-10H,11-12H2,1H3,(H,20,23)(H,21,22). The highest BCUT2D eigenvalue weighted by Gasteiger charge is 2.15. The SMILES string of the molecule is CC(=O)NC(=Cc1ccc2c(c1)OCO2)C(=O)NCc1ccccc1. The predicted molar refractivity (Wildman–Crippen MR) is 92.6 cm³/mol. The fraction of sp³-hybridized carbons (Fsp3) is 0.158. The number of hydrogen-bond donors (Lipinski definition) is 2. The normalized spacial score (nSPS) is 12.6. The molecule has 0 bridgehead atoms. The van der Waals surface area contributed by atoms with Crippen LogP contribution in [0.5, 0.6) is 11.5 Å². The highest BCUT2D eigenvalue weighted by atomic mass is 16.7. The van der Waals surface area contributed by atoms with Crippen molar-refractivity contribution in [2.24, 2.45) is 0 Å². The highest BCUT2D eigenvalue weighted by Crippen LogP contribution is 2.32. The van der Waals surface area contributed by atoms with Crippen LogP contribution in [0.3, 0.4) is 0 Å². The third-order valence-electron chi connectivity index (χ3n) is 3.56. The molecule has 1 heterocycles. The second kappa shape index (κ2) is 7.53. The van der Waals surface area contributed by atoms with Crippen molar-refractivity contribution in [2.75, 3.05) is 6.79 Å². The summed E-state index contributed by atoms with van der Waals surface area (Å²) >= 11 is 0. The average molecular weight is 338 g/mol. The van der Waals surface area contributed by atoms with Gasteiger partial charge in [-0.2, -0.15) is 0 Å². The number of rotatable bonds is 5. The molecule has 6 nitrogen and oxygen atoms in total. The minimum atomic E-state index is -0.364. The lowest BCUT2D eigenvalue weighted by atomic mass is 10.1. The third kappa shape index (κ3) is 4.38. The molecule has 0 atom stereocenters. The molecule has 2 aromatic rings. The molecule has 2 N–H and O–H groups in total. The molecule has 0 aromatic heterocycles. The summed E-state index contributed by atoms with van der Waals surface area (Å²) in [5.74, 6) is 0.589. The Bertz CT molecular complexity index is 815. The summed E-state index contributed by atoms with van der Waals surface area (Å²) in [7, 11) is 0. The van der Waals surface area contributed by atoms with E-state index >= 15 is 0 Å². The fourth-order valence-electron chi connectivity index (χ4n) is 2.39. The van der Waals surface area contributed by atoms with Gasteiger partial charge in [0.2, 0.25) is 12.7 Å². The first-order valence-electron chi connectivity index (χ1n) is 7.83. The van der Waals surface area contributed by atoms with Crippen LogP contribution in [0.15, 0.2) is 54.2 Å². The summed E-state index contributed by atoms with van der Waals surface area (Å²) < 4.78 is 10.6. The fourth-order valence-corrected chi connectivity index (χ4v) is 2.39. The van der Waals surface area contributed by atoms with Crippen LogP contribution >= 0.6 is 0 Å². The van der Waals surface area contributed by atoms with Gasteiger partial charge in [0, 0.05) is 13.5 Å². The van der Waals surface area contributed by atoms with Crippen molar-refractivity contribution in [3.8, 4) is 11.5 Å². The van der Waals surface area contributed by atoms with E-state index in [0.717, 1.165) is 11.1 Å². The maximum Gasteiger partial charge on any atom is 0.268 e. The quantitative estimate of drug-likeness (QED) is 0.820. The average Bonchev–Trinajstić information content (AvgIpc) is 3.07.